The Morgan fingerprint density at radius 1 is 1.15 bits per heavy atom. The van der Waals surface area contributed by atoms with Gasteiger partial charge in [0.25, 0.3) is 5.91 Å². The molecule has 2 fully saturated rings. The summed E-state index contributed by atoms with van der Waals surface area (Å²) >= 11 is 0. The molecule has 0 radical (unpaired) electrons. The van der Waals surface area contributed by atoms with Gasteiger partial charge in [0.15, 0.2) is 5.76 Å². The van der Waals surface area contributed by atoms with Crippen molar-refractivity contribution in [3.05, 3.63) is 35.5 Å². The minimum atomic E-state index is -0.00334. The van der Waals surface area contributed by atoms with Crippen LogP contribution in [0.4, 0.5) is 0 Å². The van der Waals surface area contributed by atoms with E-state index in [1.165, 1.54) is 38.8 Å². The van der Waals surface area contributed by atoms with Crippen molar-refractivity contribution in [2.45, 2.75) is 58.0 Å². The first-order valence-electron chi connectivity index (χ1n) is 10.2. The molecule has 0 bridgehead atoms. The maximum atomic E-state index is 12.6. The van der Waals surface area contributed by atoms with Crippen molar-refractivity contribution in [1.82, 2.24) is 24.8 Å². The second-order valence-corrected chi connectivity index (χ2v) is 7.84. The van der Waals surface area contributed by atoms with Crippen molar-refractivity contribution in [2.75, 3.05) is 26.2 Å². The van der Waals surface area contributed by atoms with Gasteiger partial charge >= 0.3 is 0 Å². The number of rotatable bonds is 4. The van der Waals surface area contributed by atoms with E-state index in [0.717, 1.165) is 43.7 Å². The smallest absolute Gasteiger partial charge is 0.289 e. The van der Waals surface area contributed by atoms with Crippen molar-refractivity contribution in [3.63, 3.8) is 0 Å². The largest absolute Gasteiger partial charge is 0.459 e. The summed E-state index contributed by atoms with van der Waals surface area (Å²) in [4.78, 5) is 17.0. The highest BCUT2D eigenvalue weighted by Crippen LogP contribution is 2.24. The Kier molecular flexibility index (Phi) is 5.57. The van der Waals surface area contributed by atoms with Crippen LogP contribution in [0.15, 0.2) is 22.9 Å². The van der Waals surface area contributed by atoms with Crippen LogP contribution >= 0.6 is 0 Å². The highest BCUT2D eigenvalue weighted by Gasteiger charge is 2.27. The Labute approximate surface area is 160 Å². The van der Waals surface area contributed by atoms with Gasteiger partial charge in [0.1, 0.15) is 0 Å². The fourth-order valence-corrected chi connectivity index (χ4v) is 4.16. The molecule has 2 aliphatic rings. The van der Waals surface area contributed by atoms with Crippen molar-refractivity contribution >= 4 is 5.91 Å². The molecule has 2 aromatic heterocycles. The number of carbonyl (C=O) groups excluding carboxylic acids is 1. The number of likely N-dealkylation sites (tertiary alicyclic amines) is 2. The van der Waals surface area contributed by atoms with E-state index >= 15 is 0 Å². The average Bonchev–Trinajstić information content (AvgIpc) is 3.24. The maximum Gasteiger partial charge on any atom is 0.289 e. The van der Waals surface area contributed by atoms with E-state index in [9.17, 15) is 4.79 Å². The van der Waals surface area contributed by atoms with Gasteiger partial charge in [-0.3, -0.25) is 9.69 Å². The fourth-order valence-electron chi connectivity index (χ4n) is 4.16. The third-order valence-corrected chi connectivity index (χ3v) is 5.82. The van der Waals surface area contributed by atoms with Gasteiger partial charge in [-0.25, -0.2) is 4.68 Å². The zero-order valence-electron chi connectivity index (χ0n) is 16.1. The second kappa shape index (κ2) is 8.25. The van der Waals surface area contributed by atoms with Crippen molar-refractivity contribution in [2.24, 2.45) is 0 Å². The van der Waals surface area contributed by atoms with Crippen LogP contribution in [0.5, 0.6) is 0 Å². The van der Waals surface area contributed by atoms with Gasteiger partial charge in [-0.15, -0.1) is 5.10 Å². The van der Waals surface area contributed by atoms with Crippen LogP contribution in [0.25, 0.3) is 0 Å². The number of carbonyl (C=O) groups is 1. The molecule has 2 aromatic rings. The Morgan fingerprint density at radius 3 is 2.56 bits per heavy atom. The molecule has 0 aliphatic carbocycles. The van der Waals surface area contributed by atoms with Gasteiger partial charge < -0.3 is 9.32 Å². The van der Waals surface area contributed by atoms with Gasteiger partial charge in [-0.1, -0.05) is 18.1 Å². The highest BCUT2D eigenvalue weighted by atomic mass is 16.3. The summed E-state index contributed by atoms with van der Waals surface area (Å²) in [5.74, 6) is 0.463. The SMILES string of the molecule is Cc1ccoc1C(=O)N1CCC(n2cc(CN3CCCCCC3)nn2)CC1. The van der Waals surface area contributed by atoms with Crippen LogP contribution in [-0.2, 0) is 6.54 Å². The normalized spacial score (nSPS) is 20.0. The summed E-state index contributed by atoms with van der Waals surface area (Å²) in [7, 11) is 0. The molecule has 2 saturated heterocycles. The molecule has 27 heavy (non-hydrogen) atoms. The molecule has 1 amide bonds. The number of aromatic nitrogens is 3. The Hall–Kier alpha value is -2.15. The Balaban J connectivity index is 1.31. The minimum absolute atomic E-state index is 0.00334. The van der Waals surface area contributed by atoms with Crippen molar-refractivity contribution in [1.29, 1.82) is 0 Å². The number of piperidine rings is 1. The molecule has 0 unspecified atom stereocenters. The lowest BCUT2D eigenvalue weighted by Crippen LogP contribution is -2.39. The quantitative estimate of drug-likeness (QED) is 0.826. The van der Waals surface area contributed by atoms with E-state index in [1.807, 2.05) is 22.6 Å². The molecule has 0 atom stereocenters. The zero-order valence-corrected chi connectivity index (χ0v) is 16.1. The number of aryl methyl sites for hydroxylation is 1. The molecule has 0 N–H and O–H groups in total. The average molecular weight is 371 g/mol. The summed E-state index contributed by atoms with van der Waals surface area (Å²) in [5, 5.41) is 8.78. The first-order valence-corrected chi connectivity index (χ1v) is 10.2. The molecule has 7 nitrogen and oxygen atoms in total. The zero-order chi connectivity index (χ0) is 18.6. The summed E-state index contributed by atoms with van der Waals surface area (Å²) < 4.78 is 7.36. The molecule has 0 spiro atoms. The van der Waals surface area contributed by atoms with Gasteiger partial charge in [-0.2, -0.15) is 0 Å². The van der Waals surface area contributed by atoms with E-state index in [-0.39, 0.29) is 5.91 Å². The van der Waals surface area contributed by atoms with Gasteiger partial charge in [0, 0.05) is 25.2 Å². The van der Waals surface area contributed by atoms with Crippen LogP contribution in [0, 0.1) is 6.92 Å². The van der Waals surface area contributed by atoms with E-state index < -0.39 is 0 Å². The van der Waals surface area contributed by atoms with Crippen LogP contribution in [0.3, 0.4) is 0 Å². The predicted molar refractivity (Wildman–Crippen MR) is 101 cm³/mol. The molecule has 2 aliphatic heterocycles. The third-order valence-electron chi connectivity index (χ3n) is 5.82. The van der Waals surface area contributed by atoms with Crippen LogP contribution in [-0.4, -0.2) is 56.9 Å². The number of hydrogen-bond donors (Lipinski definition) is 0. The summed E-state index contributed by atoms with van der Waals surface area (Å²) in [5.41, 5.74) is 1.96. The molecular formula is C20H29N5O2. The molecule has 0 aromatic carbocycles. The van der Waals surface area contributed by atoms with E-state index in [4.69, 9.17) is 4.42 Å². The monoisotopic (exact) mass is 371 g/mol. The van der Waals surface area contributed by atoms with Gasteiger partial charge in [0.2, 0.25) is 0 Å². The second-order valence-electron chi connectivity index (χ2n) is 7.84. The first kappa shape index (κ1) is 18.2. The van der Waals surface area contributed by atoms with Crippen molar-refractivity contribution < 1.29 is 9.21 Å². The Morgan fingerprint density at radius 2 is 1.89 bits per heavy atom. The van der Waals surface area contributed by atoms with Gasteiger partial charge in [-0.05, 0) is 51.8 Å². The lowest BCUT2D eigenvalue weighted by atomic mass is 10.0. The number of nitrogens with zero attached hydrogens (tertiary/aromatic N) is 5. The van der Waals surface area contributed by atoms with E-state index in [0.29, 0.717) is 11.8 Å². The summed E-state index contributed by atoms with van der Waals surface area (Å²) in [6.45, 7) is 6.59. The molecular weight excluding hydrogens is 342 g/mol. The summed E-state index contributed by atoms with van der Waals surface area (Å²) in [6.07, 6.45) is 10.7. The highest BCUT2D eigenvalue weighted by molar-refractivity contribution is 5.92. The maximum absolute atomic E-state index is 12.6. The van der Waals surface area contributed by atoms with E-state index in [2.05, 4.69) is 21.4 Å². The lowest BCUT2D eigenvalue weighted by molar-refractivity contribution is 0.0656. The lowest BCUT2D eigenvalue weighted by Gasteiger charge is -2.31. The molecule has 7 heteroatoms. The molecule has 4 heterocycles. The van der Waals surface area contributed by atoms with Crippen molar-refractivity contribution in [3.8, 4) is 0 Å². The first-order chi connectivity index (χ1) is 13.2. The molecule has 146 valence electrons. The topological polar surface area (TPSA) is 67.4 Å². The van der Waals surface area contributed by atoms with Crippen LogP contribution < -0.4 is 0 Å². The molecule has 4 rings (SSSR count). The predicted octanol–water partition coefficient (Wildman–Crippen LogP) is 3.03. The van der Waals surface area contributed by atoms with E-state index in [1.54, 1.807) is 6.26 Å². The standard InChI is InChI=1S/C20H29N5O2/c1-16-8-13-27-19(16)20(26)24-11-6-18(7-12-24)25-15-17(21-22-25)14-23-9-4-2-3-5-10-23/h8,13,15,18H,2-7,9-12,14H2,1H3. The van der Waals surface area contributed by atoms with Crippen LogP contribution in [0.2, 0.25) is 0 Å². The summed E-state index contributed by atoms with van der Waals surface area (Å²) in [6, 6.07) is 2.15. The number of furan rings is 1. The number of amides is 1. The minimum Gasteiger partial charge on any atom is -0.459 e. The third kappa shape index (κ3) is 4.24. The number of hydrogen-bond acceptors (Lipinski definition) is 5. The van der Waals surface area contributed by atoms with Crippen LogP contribution in [0.1, 0.15) is 66.4 Å². The fraction of sp³-hybridized carbons (Fsp3) is 0.650. The van der Waals surface area contributed by atoms with Gasteiger partial charge in [0.05, 0.1) is 24.2 Å². The Bertz CT molecular complexity index is 752. The molecule has 0 saturated carbocycles.